The number of oxime groups is 1. The normalized spacial score (nSPS) is 16.6. The first kappa shape index (κ1) is 22.0. The quantitative estimate of drug-likeness (QED) is 0.586. The molecule has 7 nitrogen and oxygen atoms in total. The SMILES string of the molecule is CCC(C#N)(c1ccc(NC(=O)C2CC(c3cccnc3)=NO2)cc1)c1cccc(OC)c1. The van der Waals surface area contributed by atoms with E-state index in [4.69, 9.17) is 9.57 Å². The van der Waals surface area contributed by atoms with Gasteiger partial charge in [-0.1, -0.05) is 36.3 Å². The molecule has 0 bridgehead atoms. The van der Waals surface area contributed by atoms with Crippen molar-refractivity contribution in [2.45, 2.75) is 31.3 Å². The number of ether oxygens (including phenoxy) is 1. The molecule has 0 spiro atoms. The summed E-state index contributed by atoms with van der Waals surface area (Å²) in [5, 5.41) is 17.0. The van der Waals surface area contributed by atoms with Crippen LogP contribution in [0.25, 0.3) is 0 Å². The predicted molar refractivity (Wildman–Crippen MR) is 125 cm³/mol. The van der Waals surface area contributed by atoms with Gasteiger partial charge in [-0.05, 0) is 53.9 Å². The Labute approximate surface area is 192 Å². The lowest BCUT2D eigenvalue weighted by Crippen LogP contribution is -2.28. The maximum Gasteiger partial charge on any atom is 0.268 e. The Bertz CT molecular complexity index is 1200. The summed E-state index contributed by atoms with van der Waals surface area (Å²) in [6.45, 7) is 1.98. The minimum absolute atomic E-state index is 0.278. The lowest BCUT2D eigenvalue weighted by molar-refractivity contribution is -0.125. The van der Waals surface area contributed by atoms with Gasteiger partial charge in [-0.25, -0.2) is 0 Å². The molecule has 166 valence electrons. The first-order valence-electron chi connectivity index (χ1n) is 10.7. The van der Waals surface area contributed by atoms with E-state index in [-0.39, 0.29) is 5.91 Å². The fourth-order valence-electron chi connectivity index (χ4n) is 3.95. The zero-order valence-corrected chi connectivity index (χ0v) is 18.5. The van der Waals surface area contributed by atoms with Crippen molar-refractivity contribution in [1.29, 1.82) is 5.26 Å². The molecule has 0 fully saturated rings. The van der Waals surface area contributed by atoms with Crippen molar-refractivity contribution in [2.24, 2.45) is 5.16 Å². The Morgan fingerprint density at radius 2 is 2.03 bits per heavy atom. The number of pyridine rings is 1. The van der Waals surface area contributed by atoms with Gasteiger partial charge in [0.25, 0.3) is 5.91 Å². The molecule has 4 rings (SSSR count). The van der Waals surface area contributed by atoms with Gasteiger partial charge in [0.05, 0.1) is 18.9 Å². The third-order valence-corrected chi connectivity index (χ3v) is 5.89. The molecule has 1 aliphatic heterocycles. The molecule has 1 aliphatic rings. The van der Waals surface area contributed by atoms with Crippen molar-refractivity contribution in [3.8, 4) is 11.8 Å². The zero-order valence-electron chi connectivity index (χ0n) is 18.5. The van der Waals surface area contributed by atoms with Gasteiger partial charge in [0, 0.05) is 30.1 Å². The van der Waals surface area contributed by atoms with Gasteiger partial charge in [-0.15, -0.1) is 0 Å². The van der Waals surface area contributed by atoms with Crippen molar-refractivity contribution < 1.29 is 14.4 Å². The number of hydrogen-bond donors (Lipinski definition) is 1. The largest absolute Gasteiger partial charge is 0.497 e. The van der Waals surface area contributed by atoms with Gasteiger partial charge < -0.3 is 14.9 Å². The number of amides is 1. The molecule has 1 amide bonds. The summed E-state index contributed by atoms with van der Waals surface area (Å²) in [5.74, 6) is 0.425. The number of nitrogens with zero attached hydrogens (tertiary/aromatic N) is 3. The fraction of sp³-hybridized carbons (Fsp3) is 0.231. The van der Waals surface area contributed by atoms with Gasteiger partial charge in [-0.3, -0.25) is 9.78 Å². The number of nitriles is 1. The lowest BCUT2D eigenvalue weighted by atomic mass is 9.73. The molecule has 0 radical (unpaired) electrons. The van der Waals surface area contributed by atoms with Gasteiger partial charge in [-0.2, -0.15) is 5.26 Å². The number of nitrogens with one attached hydrogen (secondary N) is 1. The van der Waals surface area contributed by atoms with E-state index in [9.17, 15) is 10.1 Å². The molecule has 2 heterocycles. The highest BCUT2D eigenvalue weighted by atomic mass is 16.6. The Hall–Kier alpha value is -4.18. The van der Waals surface area contributed by atoms with Crippen LogP contribution in [0, 0.1) is 11.3 Å². The summed E-state index contributed by atoms with van der Waals surface area (Å²) in [5.41, 5.74) is 3.04. The summed E-state index contributed by atoms with van der Waals surface area (Å²) < 4.78 is 5.34. The lowest BCUT2D eigenvalue weighted by Gasteiger charge is -2.27. The minimum Gasteiger partial charge on any atom is -0.497 e. The molecule has 1 N–H and O–H groups in total. The molecule has 2 atom stereocenters. The van der Waals surface area contributed by atoms with Gasteiger partial charge in [0.1, 0.15) is 11.2 Å². The van der Waals surface area contributed by atoms with E-state index in [2.05, 4.69) is 21.5 Å². The Morgan fingerprint density at radius 3 is 2.70 bits per heavy atom. The second kappa shape index (κ2) is 9.53. The molecular formula is C26H24N4O3. The molecule has 0 saturated carbocycles. The summed E-state index contributed by atoms with van der Waals surface area (Å²) in [6, 6.07) is 21.1. The van der Waals surface area contributed by atoms with E-state index >= 15 is 0 Å². The molecule has 3 aromatic rings. The van der Waals surface area contributed by atoms with E-state index < -0.39 is 11.5 Å². The number of hydrogen-bond acceptors (Lipinski definition) is 6. The third kappa shape index (κ3) is 4.41. The monoisotopic (exact) mass is 440 g/mol. The van der Waals surface area contributed by atoms with E-state index in [1.54, 1.807) is 31.6 Å². The first-order chi connectivity index (χ1) is 16.1. The van der Waals surface area contributed by atoms with Crippen LogP contribution in [0.5, 0.6) is 5.75 Å². The summed E-state index contributed by atoms with van der Waals surface area (Å²) in [7, 11) is 1.61. The third-order valence-electron chi connectivity index (χ3n) is 5.89. The average molecular weight is 441 g/mol. The smallest absolute Gasteiger partial charge is 0.268 e. The van der Waals surface area contributed by atoms with Crippen molar-refractivity contribution >= 4 is 17.3 Å². The number of carbonyl (C=O) groups is 1. The maximum absolute atomic E-state index is 12.7. The number of methoxy groups -OCH3 is 1. The van der Waals surface area contributed by atoms with Crippen LogP contribution in [-0.4, -0.2) is 29.8 Å². The average Bonchev–Trinajstić information content (AvgIpc) is 3.37. The number of anilines is 1. The highest BCUT2D eigenvalue weighted by Gasteiger charge is 2.33. The summed E-state index contributed by atoms with van der Waals surface area (Å²) >= 11 is 0. The molecule has 2 unspecified atom stereocenters. The fourth-order valence-corrected chi connectivity index (χ4v) is 3.95. The van der Waals surface area contributed by atoms with E-state index in [0.29, 0.717) is 30.0 Å². The Morgan fingerprint density at radius 1 is 1.21 bits per heavy atom. The number of carbonyl (C=O) groups excluding carboxylic acids is 1. The van der Waals surface area contributed by atoms with Crippen molar-refractivity contribution in [2.75, 3.05) is 12.4 Å². The number of benzene rings is 2. The van der Waals surface area contributed by atoms with Crippen molar-refractivity contribution in [3.63, 3.8) is 0 Å². The van der Waals surface area contributed by atoms with E-state index in [0.717, 1.165) is 16.7 Å². The van der Waals surface area contributed by atoms with Crippen LogP contribution in [0.15, 0.2) is 78.2 Å². The van der Waals surface area contributed by atoms with Gasteiger partial charge in [0.15, 0.2) is 0 Å². The highest BCUT2D eigenvalue weighted by Crippen LogP contribution is 2.37. The van der Waals surface area contributed by atoms with Crippen LogP contribution in [0.4, 0.5) is 5.69 Å². The molecule has 7 heteroatoms. The molecule has 0 saturated heterocycles. The minimum atomic E-state index is -0.821. The van der Waals surface area contributed by atoms with Crippen molar-refractivity contribution in [3.05, 3.63) is 89.7 Å². The maximum atomic E-state index is 12.7. The molecule has 0 aliphatic carbocycles. The molecule has 2 aromatic carbocycles. The van der Waals surface area contributed by atoms with Crippen LogP contribution in [0.2, 0.25) is 0 Å². The second-order valence-electron chi connectivity index (χ2n) is 7.75. The zero-order chi connectivity index (χ0) is 23.3. The van der Waals surface area contributed by atoms with E-state index in [1.165, 1.54) is 0 Å². The molecular weight excluding hydrogens is 416 g/mol. The molecule has 1 aromatic heterocycles. The van der Waals surface area contributed by atoms with Crippen LogP contribution in [0.3, 0.4) is 0 Å². The Balaban J connectivity index is 1.47. The van der Waals surface area contributed by atoms with Crippen LogP contribution < -0.4 is 10.1 Å². The summed E-state index contributed by atoms with van der Waals surface area (Å²) in [6.07, 6.45) is 3.64. The van der Waals surface area contributed by atoms with Crippen LogP contribution >= 0.6 is 0 Å². The number of aromatic nitrogens is 1. The highest BCUT2D eigenvalue weighted by molar-refractivity contribution is 6.05. The van der Waals surface area contributed by atoms with Crippen LogP contribution in [0.1, 0.15) is 36.5 Å². The van der Waals surface area contributed by atoms with Gasteiger partial charge >= 0.3 is 0 Å². The molecule has 33 heavy (non-hydrogen) atoms. The van der Waals surface area contributed by atoms with Crippen LogP contribution in [-0.2, 0) is 15.0 Å². The Kier molecular flexibility index (Phi) is 6.36. The topological polar surface area (TPSA) is 96.6 Å². The second-order valence-corrected chi connectivity index (χ2v) is 7.75. The summed E-state index contributed by atoms with van der Waals surface area (Å²) in [4.78, 5) is 22.1. The predicted octanol–water partition coefficient (Wildman–Crippen LogP) is 4.44. The van der Waals surface area contributed by atoms with E-state index in [1.807, 2.05) is 55.5 Å². The standard InChI is InChI=1S/C26H24N4O3/c1-3-26(17-27,20-7-4-8-22(14-20)32-2)19-9-11-21(12-10-19)29-25(31)24-15-23(30-33-24)18-6-5-13-28-16-18/h4-14,16,24H,3,15H2,1-2H3,(H,29,31). The van der Waals surface area contributed by atoms with Gasteiger partial charge in [0.2, 0.25) is 6.10 Å². The van der Waals surface area contributed by atoms with Crippen molar-refractivity contribution in [1.82, 2.24) is 4.98 Å². The first-order valence-corrected chi connectivity index (χ1v) is 10.7. The number of rotatable bonds is 7.